The van der Waals surface area contributed by atoms with Gasteiger partial charge in [0.1, 0.15) is 5.60 Å². The van der Waals surface area contributed by atoms with E-state index in [4.69, 9.17) is 5.11 Å². The summed E-state index contributed by atoms with van der Waals surface area (Å²) in [6.45, 7) is 1.72. The van der Waals surface area contributed by atoms with E-state index in [-0.39, 0.29) is 12.3 Å². The van der Waals surface area contributed by atoms with Gasteiger partial charge >= 0.3 is 5.97 Å². The molecule has 4 nitrogen and oxygen atoms in total. The number of carbonyl (C=O) groups is 2. The van der Waals surface area contributed by atoms with Crippen LogP contribution < -0.4 is 0 Å². The predicted octanol–water partition coefficient (Wildman–Crippen LogP) is 0.581. The highest BCUT2D eigenvalue weighted by Gasteiger charge is 2.45. The number of hydrogen-bond donors (Lipinski definition) is 2. The van der Waals surface area contributed by atoms with E-state index in [0.29, 0.717) is 0 Å². The number of aliphatic hydroxyl groups is 1. The first kappa shape index (κ1) is 10.2. The van der Waals surface area contributed by atoms with E-state index in [1.807, 2.05) is 0 Å². The Kier molecular flexibility index (Phi) is 2.71. The lowest BCUT2D eigenvalue weighted by Crippen LogP contribution is -2.49. The van der Waals surface area contributed by atoms with Gasteiger partial charge in [0.2, 0.25) is 0 Å². The third-order valence-corrected chi connectivity index (χ3v) is 2.85. The van der Waals surface area contributed by atoms with Crippen LogP contribution in [0.5, 0.6) is 0 Å². The molecule has 1 saturated carbocycles. The third kappa shape index (κ3) is 1.72. The Morgan fingerprint density at radius 1 is 1.38 bits per heavy atom. The molecule has 0 aromatic carbocycles. The maximum Gasteiger partial charge on any atom is 0.375 e. The molecule has 0 aromatic rings. The van der Waals surface area contributed by atoms with Gasteiger partial charge < -0.3 is 10.2 Å². The fourth-order valence-corrected chi connectivity index (χ4v) is 1.85. The van der Waals surface area contributed by atoms with E-state index in [1.54, 1.807) is 6.92 Å². The smallest absolute Gasteiger partial charge is 0.375 e. The SMILES string of the molecule is C[C@@H]1CCCC[C@]1(O)C(=O)C(=O)O. The molecular formula is C9H14O4. The van der Waals surface area contributed by atoms with Crippen LogP contribution in [0, 0.1) is 5.92 Å². The van der Waals surface area contributed by atoms with Gasteiger partial charge in [-0.15, -0.1) is 0 Å². The lowest BCUT2D eigenvalue weighted by atomic mass is 9.74. The van der Waals surface area contributed by atoms with Crippen molar-refractivity contribution in [1.82, 2.24) is 0 Å². The molecule has 0 spiro atoms. The van der Waals surface area contributed by atoms with E-state index in [1.165, 1.54) is 0 Å². The zero-order valence-electron chi connectivity index (χ0n) is 7.62. The predicted molar refractivity (Wildman–Crippen MR) is 45.2 cm³/mol. The van der Waals surface area contributed by atoms with Gasteiger partial charge in [-0.3, -0.25) is 4.79 Å². The number of hydrogen-bond acceptors (Lipinski definition) is 3. The van der Waals surface area contributed by atoms with Gasteiger partial charge in [-0.1, -0.05) is 19.8 Å². The topological polar surface area (TPSA) is 74.6 Å². The van der Waals surface area contributed by atoms with Crippen molar-refractivity contribution in [1.29, 1.82) is 0 Å². The van der Waals surface area contributed by atoms with Gasteiger partial charge in [0.05, 0.1) is 0 Å². The zero-order chi connectivity index (χ0) is 10.1. The molecule has 2 atom stereocenters. The summed E-state index contributed by atoms with van der Waals surface area (Å²) in [7, 11) is 0. The highest BCUT2D eigenvalue weighted by atomic mass is 16.4. The molecular weight excluding hydrogens is 172 g/mol. The lowest BCUT2D eigenvalue weighted by molar-refractivity contribution is -0.164. The maximum atomic E-state index is 11.2. The second-order valence-corrected chi connectivity index (χ2v) is 3.71. The Morgan fingerprint density at radius 3 is 2.46 bits per heavy atom. The molecule has 1 fully saturated rings. The normalized spacial score (nSPS) is 34.2. The summed E-state index contributed by atoms with van der Waals surface area (Å²) >= 11 is 0. The van der Waals surface area contributed by atoms with Crippen molar-refractivity contribution in [2.75, 3.05) is 0 Å². The molecule has 1 rings (SSSR count). The maximum absolute atomic E-state index is 11.2. The molecule has 0 aliphatic heterocycles. The van der Waals surface area contributed by atoms with Crippen LogP contribution in [-0.4, -0.2) is 27.6 Å². The molecule has 0 heterocycles. The van der Waals surface area contributed by atoms with E-state index in [9.17, 15) is 14.7 Å². The number of carboxylic acid groups (broad SMARTS) is 1. The summed E-state index contributed by atoms with van der Waals surface area (Å²) in [4.78, 5) is 21.6. The minimum Gasteiger partial charge on any atom is -0.475 e. The van der Waals surface area contributed by atoms with E-state index in [2.05, 4.69) is 0 Å². The summed E-state index contributed by atoms with van der Waals surface area (Å²) in [5.74, 6) is -2.83. The summed E-state index contributed by atoms with van der Waals surface area (Å²) < 4.78 is 0. The fourth-order valence-electron chi connectivity index (χ4n) is 1.85. The molecule has 0 radical (unpaired) electrons. The molecule has 1 aliphatic carbocycles. The molecule has 2 N–H and O–H groups in total. The van der Waals surface area contributed by atoms with Crippen LogP contribution in [0.25, 0.3) is 0 Å². The standard InChI is InChI=1S/C9H14O4/c1-6-4-2-3-5-9(6,13)7(10)8(11)12/h6,13H,2-5H2,1H3,(H,11,12)/t6-,9-/m1/s1. The van der Waals surface area contributed by atoms with Gasteiger partial charge in [0.15, 0.2) is 0 Å². The van der Waals surface area contributed by atoms with E-state index >= 15 is 0 Å². The van der Waals surface area contributed by atoms with Crippen molar-refractivity contribution in [3.63, 3.8) is 0 Å². The second-order valence-electron chi connectivity index (χ2n) is 3.71. The second kappa shape index (κ2) is 3.46. The molecule has 0 saturated heterocycles. The average Bonchev–Trinajstić information content (AvgIpc) is 2.09. The van der Waals surface area contributed by atoms with Crippen molar-refractivity contribution in [2.24, 2.45) is 5.92 Å². The average molecular weight is 186 g/mol. The van der Waals surface area contributed by atoms with Gasteiger partial charge in [0, 0.05) is 0 Å². The quantitative estimate of drug-likeness (QED) is 0.618. The third-order valence-electron chi connectivity index (χ3n) is 2.85. The summed E-state index contributed by atoms with van der Waals surface area (Å²) in [5, 5.41) is 18.4. The minimum atomic E-state index is -1.62. The molecule has 4 heteroatoms. The van der Waals surface area contributed by atoms with Crippen LogP contribution in [0.1, 0.15) is 32.6 Å². The number of ketones is 1. The summed E-state index contributed by atoms with van der Waals surface area (Å²) in [5.41, 5.74) is -1.62. The number of carboxylic acids is 1. The highest BCUT2D eigenvalue weighted by molar-refractivity contribution is 6.36. The van der Waals surface area contributed by atoms with Gasteiger partial charge in [0.25, 0.3) is 5.78 Å². The van der Waals surface area contributed by atoms with Crippen molar-refractivity contribution >= 4 is 11.8 Å². The van der Waals surface area contributed by atoms with Crippen molar-refractivity contribution in [3.8, 4) is 0 Å². The molecule has 1 aliphatic rings. The minimum absolute atomic E-state index is 0.246. The first-order valence-electron chi connectivity index (χ1n) is 4.48. The molecule has 13 heavy (non-hydrogen) atoms. The molecule has 0 unspecified atom stereocenters. The Hall–Kier alpha value is -0.900. The Morgan fingerprint density at radius 2 is 2.00 bits per heavy atom. The number of aliphatic carboxylic acids is 1. The van der Waals surface area contributed by atoms with E-state index < -0.39 is 17.4 Å². The van der Waals surface area contributed by atoms with Gasteiger partial charge in [-0.25, -0.2) is 4.79 Å². The van der Waals surface area contributed by atoms with Crippen LogP contribution in [0.15, 0.2) is 0 Å². The van der Waals surface area contributed by atoms with Crippen LogP contribution in [0.3, 0.4) is 0 Å². The lowest BCUT2D eigenvalue weighted by Gasteiger charge is -2.35. The van der Waals surface area contributed by atoms with Crippen LogP contribution >= 0.6 is 0 Å². The first-order valence-corrected chi connectivity index (χ1v) is 4.48. The Balaban J connectivity index is 2.83. The largest absolute Gasteiger partial charge is 0.475 e. The first-order chi connectivity index (χ1) is 5.98. The number of Topliss-reactive ketones (excluding diaryl/α,β-unsaturated/α-hetero) is 1. The zero-order valence-corrected chi connectivity index (χ0v) is 7.62. The van der Waals surface area contributed by atoms with Gasteiger partial charge in [-0.2, -0.15) is 0 Å². The van der Waals surface area contributed by atoms with Crippen molar-refractivity contribution in [3.05, 3.63) is 0 Å². The molecule has 0 amide bonds. The monoisotopic (exact) mass is 186 g/mol. The fraction of sp³-hybridized carbons (Fsp3) is 0.778. The van der Waals surface area contributed by atoms with Crippen LogP contribution in [-0.2, 0) is 9.59 Å². The number of rotatable bonds is 2. The van der Waals surface area contributed by atoms with Crippen molar-refractivity contribution < 1.29 is 19.8 Å². The molecule has 0 aromatic heterocycles. The van der Waals surface area contributed by atoms with E-state index in [0.717, 1.165) is 19.3 Å². The van der Waals surface area contributed by atoms with Gasteiger partial charge in [-0.05, 0) is 18.8 Å². The van der Waals surface area contributed by atoms with Crippen LogP contribution in [0.4, 0.5) is 0 Å². The molecule has 0 bridgehead atoms. The Labute approximate surface area is 76.6 Å². The summed E-state index contributed by atoms with van der Waals surface area (Å²) in [6.07, 6.45) is 2.67. The Bertz CT molecular complexity index is 236. The van der Waals surface area contributed by atoms with Crippen molar-refractivity contribution in [2.45, 2.75) is 38.2 Å². The number of carbonyl (C=O) groups excluding carboxylic acids is 1. The van der Waals surface area contributed by atoms with Crippen LogP contribution in [0.2, 0.25) is 0 Å². The summed E-state index contributed by atoms with van der Waals surface area (Å²) in [6, 6.07) is 0. The molecule has 74 valence electrons. The highest BCUT2D eigenvalue weighted by Crippen LogP contribution is 2.34.